The van der Waals surface area contributed by atoms with Crippen LogP contribution in [0.15, 0.2) is 59.5 Å². The Kier molecular flexibility index (Phi) is 5.53. The number of rotatable bonds is 5. The fourth-order valence-corrected chi connectivity index (χ4v) is 4.17. The Labute approximate surface area is 173 Å². The molecule has 0 radical (unpaired) electrons. The van der Waals surface area contributed by atoms with Gasteiger partial charge in [0, 0.05) is 24.0 Å². The highest BCUT2D eigenvalue weighted by Crippen LogP contribution is 2.29. The second-order valence-electron chi connectivity index (χ2n) is 7.59. The second kappa shape index (κ2) is 8.26. The highest BCUT2D eigenvalue weighted by molar-refractivity contribution is 5.87. The molecule has 3 aromatic rings. The molecule has 0 amide bonds. The fourth-order valence-electron chi connectivity index (χ4n) is 4.17. The van der Waals surface area contributed by atoms with Crippen LogP contribution < -0.4 is 5.43 Å². The van der Waals surface area contributed by atoms with Crippen molar-refractivity contribution in [1.29, 1.82) is 0 Å². The first-order chi connectivity index (χ1) is 14.5. The van der Waals surface area contributed by atoms with Crippen LogP contribution in [-0.4, -0.2) is 25.9 Å². The summed E-state index contributed by atoms with van der Waals surface area (Å²) in [5, 5.41) is 29.3. The minimum absolute atomic E-state index is 0.0399. The van der Waals surface area contributed by atoms with Gasteiger partial charge in [0.2, 0.25) is 5.43 Å². The number of aromatic carboxylic acids is 1. The highest BCUT2D eigenvalue weighted by atomic mass is 16.4. The third-order valence-electron chi connectivity index (χ3n) is 5.69. The minimum Gasteiger partial charge on any atom is -0.477 e. The maximum absolute atomic E-state index is 12.6. The van der Waals surface area contributed by atoms with Crippen molar-refractivity contribution in [1.82, 2.24) is 4.57 Å². The summed E-state index contributed by atoms with van der Waals surface area (Å²) < 4.78 is 1.78. The van der Waals surface area contributed by atoms with Gasteiger partial charge in [-0.05, 0) is 41.5 Å². The molecule has 1 aliphatic carbocycles. The normalized spacial score (nSPS) is 15.6. The number of carboxylic acids is 1. The average molecular weight is 405 g/mol. The van der Waals surface area contributed by atoms with Crippen LogP contribution in [0.5, 0.6) is 0 Å². The van der Waals surface area contributed by atoms with E-state index in [-0.39, 0.29) is 17.7 Å². The first kappa shape index (κ1) is 20.1. The molecule has 3 N–H and O–H groups in total. The quantitative estimate of drug-likeness (QED) is 0.606. The number of carbonyl (C=O) groups is 1. The van der Waals surface area contributed by atoms with Crippen LogP contribution in [0.2, 0.25) is 0 Å². The van der Waals surface area contributed by atoms with Crippen molar-refractivity contribution in [2.75, 3.05) is 0 Å². The van der Waals surface area contributed by atoms with Gasteiger partial charge in [0.1, 0.15) is 5.56 Å². The number of aliphatic hydroxyl groups excluding tert-OH is 2. The molecular weight excluding hydrogens is 382 g/mol. The van der Waals surface area contributed by atoms with Gasteiger partial charge in [-0.3, -0.25) is 4.79 Å². The van der Waals surface area contributed by atoms with Gasteiger partial charge in [0.25, 0.3) is 0 Å². The molecule has 154 valence electrons. The monoisotopic (exact) mass is 405 g/mol. The van der Waals surface area contributed by atoms with Crippen LogP contribution in [0.3, 0.4) is 0 Å². The van der Waals surface area contributed by atoms with Crippen LogP contribution in [0.1, 0.15) is 51.7 Å². The molecule has 1 aromatic heterocycles. The van der Waals surface area contributed by atoms with E-state index in [0.717, 1.165) is 28.7 Å². The molecule has 30 heavy (non-hydrogen) atoms. The molecule has 1 atom stereocenters. The molecule has 0 spiro atoms. The lowest BCUT2D eigenvalue weighted by Gasteiger charge is -2.25. The number of hydrogen-bond acceptors (Lipinski definition) is 4. The standard InChI is InChI=1S/C24H23NO5/c26-14-17-4-1-2-5-18(17)16-10-8-15(9-11-16)12-25-13-19(24(29)30)23(28)22-20(25)6-3-7-21(22)27/h1-2,4-5,8-11,13,21,26-27H,3,6-7,12,14H2,(H,29,30). The first-order valence-electron chi connectivity index (χ1n) is 9.95. The Morgan fingerprint density at radius 2 is 1.83 bits per heavy atom. The molecule has 0 fully saturated rings. The van der Waals surface area contributed by atoms with Crippen LogP contribution in [0.25, 0.3) is 11.1 Å². The van der Waals surface area contributed by atoms with Gasteiger partial charge in [-0.2, -0.15) is 0 Å². The Morgan fingerprint density at radius 1 is 1.10 bits per heavy atom. The third kappa shape index (κ3) is 3.67. The predicted molar refractivity (Wildman–Crippen MR) is 112 cm³/mol. The Bertz CT molecular complexity index is 1150. The number of nitrogens with zero attached hydrogens (tertiary/aromatic N) is 1. The van der Waals surface area contributed by atoms with E-state index in [0.29, 0.717) is 25.1 Å². The fraction of sp³-hybridized carbons (Fsp3) is 0.250. The lowest BCUT2D eigenvalue weighted by molar-refractivity contribution is 0.0693. The third-order valence-corrected chi connectivity index (χ3v) is 5.69. The summed E-state index contributed by atoms with van der Waals surface area (Å²) in [6.07, 6.45) is 2.30. The molecule has 1 aliphatic rings. The summed E-state index contributed by atoms with van der Waals surface area (Å²) in [5.74, 6) is -1.29. The number of aliphatic hydroxyl groups is 2. The Morgan fingerprint density at radius 3 is 2.53 bits per heavy atom. The molecule has 6 nitrogen and oxygen atoms in total. The van der Waals surface area contributed by atoms with E-state index in [2.05, 4.69) is 0 Å². The smallest absolute Gasteiger partial charge is 0.341 e. The summed E-state index contributed by atoms with van der Waals surface area (Å²) in [5.41, 5.74) is 3.76. The van der Waals surface area contributed by atoms with Crippen molar-refractivity contribution < 1.29 is 20.1 Å². The van der Waals surface area contributed by atoms with Crippen LogP contribution in [-0.2, 0) is 19.6 Å². The molecule has 6 heteroatoms. The van der Waals surface area contributed by atoms with Crippen LogP contribution in [0, 0.1) is 0 Å². The Balaban J connectivity index is 1.71. The van der Waals surface area contributed by atoms with E-state index in [9.17, 15) is 24.9 Å². The topological polar surface area (TPSA) is 99.8 Å². The maximum atomic E-state index is 12.6. The number of fused-ring (bicyclic) bond motifs is 1. The largest absolute Gasteiger partial charge is 0.477 e. The van der Waals surface area contributed by atoms with Crippen molar-refractivity contribution in [2.45, 2.75) is 38.5 Å². The molecule has 0 saturated carbocycles. The molecule has 2 aromatic carbocycles. The van der Waals surface area contributed by atoms with Crippen LogP contribution >= 0.6 is 0 Å². The molecular formula is C24H23NO5. The van der Waals surface area contributed by atoms with E-state index < -0.39 is 17.5 Å². The summed E-state index contributed by atoms with van der Waals surface area (Å²) in [6, 6.07) is 15.5. The number of hydrogen-bond donors (Lipinski definition) is 3. The molecule has 1 unspecified atom stereocenters. The predicted octanol–water partition coefficient (Wildman–Crippen LogP) is 3.12. The van der Waals surface area contributed by atoms with Crippen molar-refractivity contribution in [3.8, 4) is 11.1 Å². The lowest BCUT2D eigenvalue weighted by atomic mass is 9.91. The van der Waals surface area contributed by atoms with Gasteiger partial charge < -0.3 is 19.9 Å². The van der Waals surface area contributed by atoms with Gasteiger partial charge in [-0.25, -0.2) is 4.79 Å². The van der Waals surface area contributed by atoms with E-state index in [4.69, 9.17) is 0 Å². The number of aromatic nitrogens is 1. The summed E-state index contributed by atoms with van der Waals surface area (Å²) in [6.45, 7) is 0.360. The van der Waals surface area contributed by atoms with Gasteiger partial charge in [0.15, 0.2) is 0 Å². The van der Waals surface area contributed by atoms with Gasteiger partial charge >= 0.3 is 5.97 Å². The number of benzene rings is 2. The van der Waals surface area contributed by atoms with E-state index in [1.807, 2.05) is 48.5 Å². The van der Waals surface area contributed by atoms with Crippen LogP contribution in [0.4, 0.5) is 0 Å². The zero-order chi connectivity index (χ0) is 21.3. The van der Waals surface area contributed by atoms with Crippen molar-refractivity contribution in [3.63, 3.8) is 0 Å². The van der Waals surface area contributed by atoms with E-state index in [1.165, 1.54) is 6.20 Å². The molecule has 4 rings (SSSR count). The molecule has 1 heterocycles. The molecule has 0 saturated heterocycles. The van der Waals surface area contributed by atoms with Crippen molar-refractivity contribution in [3.05, 3.63) is 92.9 Å². The summed E-state index contributed by atoms with van der Waals surface area (Å²) in [7, 11) is 0. The second-order valence-corrected chi connectivity index (χ2v) is 7.59. The van der Waals surface area contributed by atoms with E-state index in [1.54, 1.807) is 4.57 Å². The summed E-state index contributed by atoms with van der Waals surface area (Å²) >= 11 is 0. The molecule has 0 aliphatic heterocycles. The zero-order valence-electron chi connectivity index (χ0n) is 16.4. The Hall–Kier alpha value is -3.22. The van der Waals surface area contributed by atoms with Gasteiger partial charge in [-0.1, -0.05) is 48.5 Å². The van der Waals surface area contributed by atoms with Crippen molar-refractivity contribution >= 4 is 5.97 Å². The van der Waals surface area contributed by atoms with Gasteiger partial charge in [0.05, 0.1) is 12.7 Å². The molecule has 0 bridgehead atoms. The maximum Gasteiger partial charge on any atom is 0.341 e. The average Bonchev–Trinajstić information content (AvgIpc) is 2.76. The minimum atomic E-state index is -1.29. The lowest BCUT2D eigenvalue weighted by Crippen LogP contribution is -2.30. The number of pyridine rings is 1. The number of carboxylic acid groups (broad SMARTS) is 1. The SMILES string of the molecule is O=C(O)c1cn(Cc2ccc(-c3ccccc3CO)cc2)c2c(c1=O)C(O)CCC2. The first-order valence-corrected chi connectivity index (χ1v) is 9.95. The zero-order valence-corrected chi connectivity index (χ0v) is 16.4. The van der Waals surface area contributed by atoms with Crippen molar-refractivity contribution in [2.24, 2.45) is 0 Å². The van der Waals surface area contributed by atoms with Gasteiger partial charge in [-0.15, -0.1) is 0 Å². The highest BCUT2D eigenvalue weighted by Gasteiger charge is 2.27. The summed E-state index contributed by atoms with van der Waals surface area (Å²) in [4.78, 5) is 24.1. The van der Waals surface area contributed by atoms with E-state index >= 15 is 0 Å².